The van der Waals surface area contributed by atoms with Crippen molar-refractivity contribution >= 4 is 45.6 Å². The van der Waals surface area contributed by atoms with Crippen LogP contribution in [0.1, 0.15) is 12.0 Å². The number of carbonyl (C=O) groups excluding carboxylic acids is 1. The summed E-state index contributed by atoms with van der Waals surface area (Å²) in [4.78, 5) is 16.9. The molecule has 0 radical (unpaired) electrons. The predicted molar refractivity (Wildman–Crippen MR) is 104 cm³/mol. The monoisotopic (exact) mass is 441 g/mol. The number of nitrogens with one attached hydrogen (secondary N) is 1. The third kappa shape index (κ3) is 4.68. The molecule has 1 aromatic heterocycles. The van der Waals surface area contributed by atoms with Crippen molar-refractivity contribution in [2.24, 2.45) is 0 Å². The number of hydrogen-bond acceptors (Lipinski definition) is 3. The van der Waals surface area contributed by atoms with Crippen LogP contribution in [0.3, 0.4) is 0 Å². The fourth-order valence-corrected chi connectivity index (χ4v) is 3.91. The standard InChI is InChI=1S/C17H20IN3OS/c18-15-4-1-2-5-16(15)19-17(22)21-8-3-7-20(9-10-21)12-14-6-11-23-13-14/h1-2,4-6,11,13H,3,7-10,12H2,(H,19,22). The zero-order chi connectivity index (χ0) is 16.1. The summed E-state index contributed by atoms with van der Waals surface area (Å²) in [6, 6.07) is 10.1. The molecule has 0 unspecified atom stereocenters. The van der Waals surface area contributed by atoms with Crippen LogP contribution in [0.25, 0.3) is 0 Å². The molecule has 1 fully saturated rings. The topological polar surface area (TPSA) is 35.6 Å². The number of nitrogens with zero attached hydrogens (tertiary/aromatic N) is 2. The van der Waals surface area contributed by atoms with E-state index in [1.54, 1.807) is 11.3 Å². The highest BCUT2D eigenvalue weighted by Gasteiger charge is 2.19. The third-order valence-electron chi connectivity index (χ3n) is 3.98. The Morgan fingerprint density at radius 2 is 2.04 bits per heavy atom. The fourth-order valence-electron chi connectivity index (χ4n) is 2.73. The first kappa shape index (κ1) is 16.7. The van der Waals surface area contributed by atoms with Crippen molar-refractivity contribution in [2.45, 2.75) is 13.0 Å². The first-order valence-corrected chi connectivity index (χ1v) is 9.78. The second-order valence-electron chi connectivity index (χ2n) is 5.66. The second kappa shape index (κ2) is 8.12. The molecule has 0 spiro atoms. The van der Waals surface area contributed by atoms with Gasteiger partial charge in [0.15, 0.2) is 0 Å². The van der Waals surface area contributed by atoms with Gasteiger partial charge in [0.2, 0.25) is 0 Å². The number of hydrogen-bond donors (Lipinski definition) is 1. The number of halogens is 1. The van der Waals surface area contributed by atoms with E-state index in [4.69, 9.17) is 0 Å². The van der Waals surface area contributed by atoms with E-state index >= 15 is 0 Å². The minimum absolute atomic E-state index is 0.00602. The van der Waals surface area contributed by atoms with E-state index in [2.05, 4.69) is 49.6 Å². The predicted octanol–water partition coefficient (Wildman–Crippen LogP) is 4.09. The summed E-state index contributed by atoms with van der Waals surface area (Å²) in [6.45, 7) is 4.54. The van der Waals surface area contributed by atoms with Gasteiger partial charge in [0.25, 0.3) is 0 Å². The SMILES string of the molecule is O=C(Nc1ccccc1I)N1CCCN(Cc2ccsc2)CC1. The van der Waals surface area contributed by atoms with E-state index in [0.29, 0.717) is 0 Å². The molecule has 1 aromatic carbocycles. The van der Waals surface area contributed by atoms with Gasteiger partial charge in [0.05, 0.1) is 5.69 Å². The summed E-state index contributed by atoms with van der Waals surface area (Å²) in [7, 11) is 0. The smallest absolute Gasteiger partial charge is 0.321 e. The Balaban J connectivity index is 1.55. The molecule has 23 heavy (non-hydrogen) atoms. The van der Waals surface area contributed by atoms with Crippen LogP contribution in [-0.4, -0.2) is 42.0 Å². The summed E-state index contributed by atoms with van der Waals surface area (Å²) >= 11 is 3.99. The van der Waals surface area contributed by atoms with Crippen molar-refractivity contribution in [3.8, 4) is 0 Å². The van der Waals surface area contributed by atoms with Gasteiger partial charge in [-0.2, -0.15) is 11.3 Å². The zero-order valence-electron chi connectivity index (χ0n) is 12.9. The van der Waals surface area contributed by atoms with Gasteiger partial charge in [-0.3, -0.25) is 4.90 Å². The number of para-hydroxylation sites is 1. The molecule has 0 saturated carbocycles. The highest BCUT2D eigenvalue weighted by atomic mass is 127. The van der Waals surface area contributed by atoms with E-state index in [1.165, 1.54) is 5.56 Å². The van der Waals surface area contributed by atoms with Gasteiger partial charge in [0.1, 0.15) is 0 Å². The maximum Gasteiger partial charge on any atom is 0.321 e. The number of carbonyl (C=O) groups is 1. The van der Waals surface area contributed by atoms with Crippen molar-refractivity contribution in [3.05, 3.63) is 50.2 Å². The normalized spacial score (nSPS) is 16.1. The number of thiophene rings is 1. The lowest BCUT2D eigenvalue weighted by atomic mass is 10.3. The lowest BCUT2D eigenvalue weighted by Gasteiger charge is -2.22. The number of rotatable bonds is 3. The number of urea groups is 1. The minimum atomic E-state index is 0.00602. The maximum atomic E-state index is 12.5. The lowest BCUT2D eigenvalue weighted by molar-refractivity contribution is 0.211. The average molecular weight is 441 g/mol. The molecular weight excluding hydrogens is 421 g/mol. The summed E-state index contributed by atoms with van der Waals surface area (Å²) in [5.41, 5.74) is 2.25. The van der Waals surface area contributed by atoms with E-state index in [1.807, 2.05) is 29.2 Å². The molecule has 2 heterocycles. The molecule has 1 N–H and O–H groups in total. The molecule has 0 bridgehead atoms. The Morgan fingerprint density at radius 3 is 2.83 bits per heavy atom. The van der Waals surface area contributed by atoms with Gasteiger partial charge in [0, 0.05) is 36.3 Å². The van der Waals surface area contributed by atoms with Crippen LogP contribution >= 0.6 is 33.9 Å². The molecule has 1 aliphatic rings. The number of amides is 2. The van der Waals surface area contributed by atoms with Crippen molar-refractivity contribution < 1.29 is 4.79 Å². The largest absolute Gasteiger partial charge is 0.323 e. The van der Waals surface area contributed by atoms with Crippen LogP contribution in [0.4, 0.5) is 10.5 Å². The molecule has 0 atom stereocenters. The van der Waals surface area contributed by atoms with Gasteiger partial charge < -0.3 is 10.2 Å². The first-order chi connectivity index (χ1) is 11.2. The Labute approximate surface area is 154 Å². The first-order valence-electron chi connectivity index (χ1n) is 7.76. The Kier molecular flexibility index (Phi) is 5.91. The van der Waals surface area contributed by atoms with Crippen molar-refractivity contribution in [1.82, 2.24) is 9.80 Å². The van der Waals surface area contributed by atoms with Gasteiger partial charge in [-0.25, -0.2) is 4.79 Å². The van der Waals surface area contributed by atoms with Gasteiger partial charge in [-0.1, -0.05) is 12.1 Å². The quantitative estimate of drug-likeness (QED) is 0.729. The summed E-state index contributed by atoms with van der Waals surface area (Å²) < 4.78 is 1.06. The van der Waals surface area contributed by atoms with Gasteiger partial charge in [-0.15, -0.1) is 0 Å². The molecule has 2 amide bonds. The highest BCUT2D eigenvalue weighted by molar-refractivity contribution is 14.1. The van der Waals surface area contributed by atoms with Crippen LogP contribution in [0.5, 0.6) is 0 Å². The molecule has 6 heteroatoms. The van der Waals surface area contributed by atoms with E-state index < -0.39 is 0 Å². The Morgan fingerprint density at radius 1 is 1.17 bits per heavy atom. The Hall–Kier alpha value is -1.12. The zero-order valence-corrected chi connectivity index (χ0v) is 15.8. The fraction of sp³-hybridized carbons (Fsp3) is 0.353. The number of anilines is 1. The van der Waals surface area contributed by atoms with E-state index in [9.17, 15) is 4.79 Å². The van der Waals surface area contributed by atoms with E-state index in [0.717, 1.165) is 48.4 Å². The lowest BCUT2D eigenvalue weighted by Crippen LogP contribution is -2.38. The molecule has 122 valence electrons. The molecule has 0 aliphatic carbocycles. The van der Waals surface area contributed by atoms with Crippen LogP contribution < -0.4 is 5.32 Å². The summed E-state index contributed by atoms with van der Waals surface area (Å²) in [5, 5.41) is 7.35. The highest BCUT2D eigenvalue weighted by Crippen LogP contribution is 2.18. The van der Waals surface area contributed by atoms with Gasteiger partial charge in [-0.05, 0) is 63.5 Å². The minimum Gasteiger partial charge on any atom is -0.323 e. The maximum absolute atomic E-state index is 12.5. The van der Waals surface area contributed by atoms with Crippen LogP contribution in [-0.2, 0) is 6.54 Å². The molecule has 1 aliphatic heterocycles. The number of benzene rings is 1. The van der Waals surface area contributed by atoms with Crippen LogP contribution in [0.2, 0.25) is 0 Å². The third-order valence-corrected chi connectivity index (χ3v) is 5.65. The molecule has 1 saturated heterocycles. The molecule has 4 nitrogen and oxygen atoms in total. The molecular formula is C17H20IN3OS. The Bertz CT molecular complexity index is 647. The average Bonchev–Trinajstić information content (AvgIpc) is 2.94. The molecule has 2 aromatic rings. The van der Waals surface area contributed by atoms with Crippen LogP contribution in [0, 0.1) is 3.57 Å². The van der Waals surface area contributed by atoms with Crippen molar-refractivity contribution in [3.63, 3.8) is 0 Å². The molecule has 3 rings (SSSR count). The van der Waals surface area contributed by atoms with Crippen LogP contribution in [0.15, 0.2) is 41.1 Å². The van der Waals surface area contributed by atoms with E-state index in [-0.39, 0.29) is 6.03 Å². The summed E-state index contributed by atoms with van der Waals surface area (Å²) in [6.07, 6.45) is 1.02. The van der Waals surface area contributed by atoms with Gasteiger partial charge >= 0.3 is 6.03 Å². The van der Waals surface area contributed by atoms with Crippen molar-refractivity contribution in [2.75, 3.05) is 31.5 Å². The van der Waals surface area contributed by atoms with Crippen molar-refractivity contribution in [1.29, 1.82) is 0 Å². The summed E-state index contributed by atoms with van der Waals surface area (Å²) in [5.74, 6) is 0. The second-order valence-corrected chi connectivity index (χ2v) is 7.60.